The van der Waals surface area contributed by atoms with Crippen LogP contribution in [-0.2, 0) is 17.1 Å². The minimum atomic E-state index is -3.62. The topological polar surface area (TPSA) is 84.3 Å². The van der Waals surface area contributed by atoms with Crippen molar-refractivity contribution in [1.82, 2.24) is 14.5 Å². The zero-order valence-electron chi connectivity index (χ0n) is 18.1. The molecule has 1 N–H and O–H groups in total. The lowest BCUT2D eigenvalue weighted by Gasteiger charge is -2.18. The monoisotopic (exact) mass is 468 g/mol. The van der Waals surface area contributed by atoms with Gasteiger partial charge in [0.15, 0.2) is 0 Å². The molecule has 0 fully saturated rings. The van der Waals surface area contributed by atoms with Crippen molar-refractivity contribution in [3.05, 3.63) is 65.5 Å². The molecule has 2 aromatic carbocycles. The Labute approximate surface area is 191 Å². The fourth-order valence-electron chi connectivity index (χ4n) is 3.60. The first-order valence-corrected chi connectivity index (χ1v) is 12.6. The van der Waals surface area contributed by atoms with Crippen LogP contribution in [0, 0.1) is 0 Å². The summed E-state index contributed by atoms with van der Waals surface area (Å²) in [6.07, 6.45) is 0. The van der Waals surface area contributed by atoms with Crippen molar-refractivity contribution in [3.8, 4) is 11.4 Å². The summed E-state index contributed by atoms with van der Waals surface area (Å²) >= 11 is 1.17. The molecule has 2 heterocycles. The van der Waals surface area contributed by atoms with E-state index in [4.69, 9.17) is 4.98 Å². The fourth-order valence-corrected chi connectivity index (χ4v) is 5.64. The van der Waals surface area contributed by atoms with Crippen LogP contribution in [-0.4, -0.2) is 41.9 Å². The van der Waals surface area contributed by atoms with E-state index < -0.39 is 10.0 Å². The Morgan fingerprint density at radius 1 is 1.09 bits per heavy atom. The smallest absolute Gasteiger partial charge is 0.271 e. The van der Waals surface area contributed by atoms with Gasteiger partial charge >= 0.3 is 0 Å². The van der Waals surface area contributed by atoms with Gasteiger partial charge in [0.1, 0.15) is 10.0 Å². The number of aryl methyl sites for hydroxylation is 1. The predicted molar refractivity (Wildman–Crippen MR) is 129 cm³/mol. The molecular weight excluding hydrogens is 444 g/mol. The summed E-state index contributed by atoms with van der Waals surface area (Å²) in [5.74, 6) is 0.745. The molecule has 0 saturated heterocycles. The quantitative estimate of drug-likeness (QED) is 0.430. The molecule has 0 unspecified atom stereocenters. The third-order valence-electron chi connectivity index (χ3n) is 5.33. The molecule has 166 valence electrons. The number of imidazole rings is 1. The number of nitrogens with one attached hydrogen (secondary N) is 1. The molecule has 0 aliphatic carbocycles. The molecule has 4 aromatic rings. The van der Waals surface area contributed by atoms with Crippen molar-refractivity contribution < 1.29 is 13.2 Å². The van der Waals surface area contributed by atoms with Gasteiger partial charge in [-0.1, -0.05) is 18.2 Å². The van der Waals surface area contributed by atoms with Crippen LogP contribution in [0.1, 0.15) is 24.2 Å². The molecular formula is C23H24N4O3S2. The molecule has 0 spiro atoms. The lowest BCUT2D eigenvalue weighted by molar-refractivity contribution is 0.0773. The van der Waals surface area contributed by atoms with E-state index in [0.29, 0.717) is 29.9 Å². The van der Waals surface area contributed by atoms with Gasteiger partial charge in [-0.2, -0.15) is 0 Å². The Bertz CT molecular complexity index is 1350. The minimum absolute atomic E-state index is 0.00853. The first kappa shape index (κ1) is 22.0. The van der Waals surface area contributed by atoms with E-state index in [9.17, 15) is 13.2 Å². The Kier molecular flexibility index (Phi) is 6.03. The van der Waals surface area contributed by atoms with Crippen molar-refractivity contribution >= 4 is 44.0 Å². The van der Waals surface area contributed by atoms with E-state index in [2.05, 4.69) is 4.72 Å². The van der Waals surface area contributed by atoms with Gasteiger partial charge in [0.05, 0.1) is 16.7 Å². The summed E-state index contributed by atoms with van der Waals surface area (Å²) in [7, 11) is -1.71. The Hall–Kier alpha value is -3.17. The number of thiophene rings is 1. The van der Waals surface area contributed by atoms with Gasteiger partial charge in [-0.15, -0.1) is 11.3 Å². The number of amides is 1. The molecule has 2 aromatic heterocycles. The Balaban J connectivity index is 1.63. The second-order valence-corrected chi connectivity index (χ2v) is 10.1. The highest BCUT2D eigenvalue weighted by Crippen LogP contribution is 2.27. The number of carbonyl (C=O) groups is 1. The molecule has 32 heavy (non-hydrogen) atoms. The van der Waals surface area contributed by atoms with Gasteiger partial charge in [0.25, 0.3) is 15.9 Å². The van der Waals surface area contributed by atoms with E-state index in [0.717, 1.165) is 16.9 Å². The van der Waals surface area contributed by atoms with E-state index >= 15 is 0 Å². The predicted octanol–water partition coefficient (Wildman–Crippen LogP) is 4.58. The molecule has 9 heteroatoms. The number of nitrogens with zero attached hydrogens (tertiary/aromatic N) is 3. The first-order chi connectivity index (χ1) is 15.3. The second-order valence-electron chi connectivity index (χ2n) is 7.29. The summed E-state index contributed by atoms with van der Waals surface area (Å²) < 4.78 is 29.9. The number of benzene rings is 2. The zero-order chi connectivity index (χ0) is 22.9. The minimum Gasteiger partial charge on any atom is -0.339 e. The SMILES string of the molecule is CCN(CC)C(=O)c1ccc(-c2nc3cc(NS(=O)(=O)c4cccs4)ccc3n2C)cc1. The van der Waals surface area contributed by atoms with Gasteiger partial charge < -0.3 is 9.47 Å². The van der Waals surface area contributed by atoms with E-state index in [1.807, 2.05) is 55.8 Å². The number of aromatic nitrogens is 2. The van der Waals surface area contributed by atoms with Gasteiger partial charge in [-0.25, -0.2) is 13.4 Å². The van der Waals surface area contributed by atoms with E-state index in [-0.39, 0.29) is 10.1 Å². The van der Waals surface area contributed by atoms with Gasteiger partial charge in [0.2, 0.25) is 0 Å². The molecule has 0 radical (unpaired) electrons. The van der Waals surface area contributed by atoms with Crippen LogP contribution in [0.15, 0.2) is 64.2 Å². The van der Waals surface area contributed by atoms with Gasteiger partial charge in [-0.3, -0.25) is 9.52 Å². The summed E-state index contributed by atoms with van der Waals surface area (Å²) in [5, 5.41) is 1.73. The van der Waals surface area contributed by atoms with Gasteiger partial charge in [-0.05, 0) is 55.6 Å². The highest BCUT2D eigenvalue weighted by atomic mass is 32.2. The molecule has 4 rings (SSSR count). The van der Waals surface area contributed by atoms with E-state index in [1.165, 1.54) is 11.3 Å². The number of hydrogen-bond donors (Lipinski definition) is 1. The van der Waals surface area contributed by atoms with Gasteiger partial charge in [0, 0.05) is 31.3 Å². The lowest BCUT2D eigenvalue weighted by atomic mass is 10.1. The molecule has 7 nitrogen and oxygen atoms in total. The second kappa shape index (κ2) is 8.76. The summed E-state index contributed by atoms with van der Waals surface area (Å²) in [4.78, 5) is 19.0. The Morgan fingerprint density at radius 3 is 2.44 bits per heavy atom. The van der Waals surface area contributed by atoms with Crippen LogP contribution >= 0.6 is 11.3 Å². The highest BCUT2D eigenvalue weighted by Gasteiger charge is 2.17. The van der Waals surface area contributed by atoms with E-state index in [1.54, 1.807) is 34.5 Å². The third-order valence-corrected chi connectivity index (χ3v) is 8.11. The molecule has 0 aliphatic heterocycles. The fraction of sp³-hybridized carbons (Fsp3) is 0.217. The number of hydrogen-bond acceptors (Lipinski definition) is 5. The van der Waals surface area contributed by atoms with Crippen LogP contribution in [0.25, 0.3) is 22.4 Å². The molecule has 0 saturated carbocycles. The number of sulfonamides is 1. The van der Waals surface area contributed by atoms with Crippen molar-refractivity contribution in [3.63, 3.8) is 0 Å². The number of fused-ring (bicyclic) bond motifs is 1. The largest absolute Gasteiger partial charge is 0.339 e. The average molecular weight is 469 g/mol. The van der Waals surface area contributed by atoms with Crippen LogP contribution in [0.3, 0.4) is 0 Å². The molecule has 0 aliphatic rings. The van der Waals surface area contributed by atoms with Crippen molar-refractivity contribution in [1.29, 1.82) is 0 Å². The summed E-state index contributed by atoms with van der Waals surface area (Å²) in [6, 6.07) is 16.0. The van der Waals surface area contributed by atoms with Crippen molar-refractivity contribution in [2.45, 2.75) is 18.1 Å². The standard InChI is InChI=1S/C23H24N4O3S2/c1-4-27(5-2)23(28)17-10-8-16(9-11-17)22-24-19-15-18(12-13-20(19)26(22)3)25-32(29,30)21-7-6-14-31-21/h6-15,25H,4-5H2,1-3H3. The summed E-state index contributed by atoms with van der Waals surface area (Å²) in [6.45, 7) is 5.26. The van der Waals surface area contributed by atoms with Crippen LogP contribution in [0.4, 0.5) is 5.69 Å². The normalized spacial score (nSPS) is 11.6. The maximum absolute atomic E-state index is 12.5. The summed E-state index contributed by atoms with van der Waals surface area (Å²) in [5.41, 5.74) is 3.53. The number of anilines is 1. The molecule has 0 atom stereocenters. The van der Waals surface area contributed by atoms with Crippen molar-refractivity contribution in [2.75, 3.05) is 17.8 Å². The molecule has 1 amide bonds. The molecule has 0 bridgehead atoms. The number of carbonyl (C=O) groups excluding carboxylic acids is 1. The number of rotatable bonds is 7. The maximum atomic E-state index is 12.5. The van der Waals surface area contributed by atoms with Crippen LogP contribution in [0.5, 0.6) is 0 Å². The Morgan fingerprint density at radius 2 is 1.81 bits per heavy atom. The highest BCUT2D eigenvalue weighted by molar-refractivity contribution is 7.94. The van der Waals surface area contributed by atoms with Crippen LogP contribution in [0.2, 0.25) is 0 Å². The third kappa shape index (κ3) is 4.13. The zero-order valence-corrected chi connectivity index (χ0v) is 19.7. The average Bonchev–Trinajstić information content (AvgIpc) is 3.44. The van der Waals surface area contributed by atoms with Crippen LogP contribution < -0.4 is 4.72 Å². The first-order valence-electron chi connectivity index (χ1n) is 10.3. The van der Waals surface area contributed by atoms with Crippen molar-refractivity contribution in [2.24, 2.45) is 7.05 Å². The lowest BCUT2D eigenvalue weighted by Crippen LogP contribution is -2.30. The maximum Gasteiger partial charge on any atom is 0.271 e.